The largest absolute Gasteiger partial charge is 0.508 e. The van der Waals surface area contributed by atoms with E-state index in [1.165, 1.54) is 0 Å². The molecule has 1 aliphatic heterocycles. The summed E-state index contributed by atoms with van der Waals surface area (Å²) < 4.78 is 0. The van der Waals surface area contributed by atoms with Gasteiger partial charge in [-0.1, -0.05) is 25.1 Å². The normalized spacial score (nSPS) is 17.7. The molecular weight excluding hydrogens is 266 g/mol. The molecule has 0 aromatic heterocycles. The van der Waals surface area contributed by atoms with Gasteiger partial charge in [0.05, 0.1) is 0 Å². The summed E-state index contributed by atoms with van der Waals surface area (Å²) in [7, 11) is 0. The fourth-order valence-electron chi connectivity index (χ4n) is 2.98. The number of rotatable bonds is 5. The van der Waals surface area contributed by atoms with Crippen molar-refractivity contribution in [2.75, 3.05) is 19.7 Å². The molecule has 0 spiro atoms. The molecule has 1 fully saturated rings. The number of aliphatic hydroxyl groups excluding tert-OH is 1. The highest BCUT2D eigenvalue weighted by Gasteiger charge is 2.33. The van der Waals surface area contributed by atoms with Crippen molar-refractivity contribution in [2.24, 2.45) is 5.41 Å². The summed E-state index contributed by atoms with van der Waals surface area (Å²) in [4.78, 5) is 14.1. The van der Waals surface area contributed by atoms with Gasteiger partial charge in [0.25, 0.3) is 0 Å². The number of amides is 1. The molecule has 1 saturated heterocycles. The molecule has 0 radical (unpaired) electrons. The van der Waals surface area contributed by atoms with Gasteiger partial charge in [0.2, 0.25) is 5.91 Å². The molecule has 0 aliphatic carbocycles. The summed E-state index contributed by atoms with van der Waals surface area (Å²) in [5, 5.41) is 19.2. The predicted molar refractivity (Wildman–Crippen MR) is 82.1 cm³/mol. The van der Waals surface area contributed by atoms with Crippen molar-refractivity contribution in [1.29, 1.82) is 0 Å². The summed E-state index contributed by atoms with van der Waals surface area (Å²) in [6, 6.07) is 7.16. The van der Waals surface area contributed by atoms with Gasteiger partial charge >= 0.3 is 0 Å². The first-order chi connectivity index (χ1) is 10.1. The summed E-state index contributed by atoms with van der Waals surface area (Å²) in [5.74, 6) is 0.398. The van der Waals surface area contributed by atoms with Crippen LogP contribution in [0.15, 0.2) is 24.3 Å². The van der Waals surface area contributed by atoms with E-state index in [9.17, 15) is 15.0 Å². The predicted octanol–water partition coefficient (Wildman–Crippen LogP) is 2.34. The lowest BCUT2D eigenvalue weighted by Crippen LogP contribution is -2.44. The van der Waals surface area contributed by atoms with Gasteiger partial charge in [-0.25, -0.2) is 0 Å². The summed E-state index contributed by atoms with van der Waals surface area (Å²) in [6.45, 7) is 3.78. The Kier molecular flexibility index (Phi) is 5.23. The molecule has 1 amide bonds. The molecule has 116 valence electrons. The van der Waals surface area contributed by atoms with Crippen molar-refractivity contribution in [1.82, 2.24) is 4.90 Å². The summed E-state index contributed by atoms with van der Waals surface area (Å²) >= 11 is 0. The van der Waals surface area contributed by atoms with E-state index in [4.69, 9.17) is 0 Å². The third-order valence-corrected chi connectivity index (χ3v) is 4.86. The highest BCUT2D eigenvalue weighted by molar-refractivity contribution is 5.76. The molecule has 0 unspecified atom stereocenters. The van der Waals surface area contributed by atoms with E-state index in [0.717, 1.165) is 37.9 Å². The van der Waals surface area contributed by atoms with Crippen LogP contribution < -0.4 is 0 Å². The van der Waals surface area contributed by atoms with Crippen LogP contribution in [-0.4, -0.2) is 40.7 Å². The summed E-state index contributed by atoms with van der Waals surface area (Å²) in [6.07, 6.45) is 3.71. The maximum absolute atomic E-state index is 12.3. The quantitative estimate of drug-likeness (QED) is 0.875. The highest BCUT2D eigenvalue weighted by atomic mass is 16.3. The van der Waals surface area contributed by atoms with Gasteiger partial charge in [-0.3, -0.25) is 4.79 Å². The van der Waals surface area contributed by atoms with Gasteiger partial charge in [0.1, 0.15) is 5.75 Å². The number of aryl methyl sites for hydroxylation is 1. The molecule has 2 N–H and O–H groups in total. The van der Waals surface area contributed by atoms with E-state index in [2.05, 4.69) is 6.92 Å². The minimum atomic E-state index is 0.00841. The minimum absolute atomic E-state index is 0.00841. The number of phenols is 1. The van der Waals surface area contributed by atoms with E-state index in [1.54, 1.807) is 12.1 Å². The van der Waals surface area contributed by atoms with E-state index >= 15 is 0 Å². The molecule has 2 rings (SSSR count). The molecule has 4 nitrogen and oxygen atoms in total. The van der Waals surface area contributed by atoms with Crippen molar-refractivity contribution in [3.05, 3.63) is 29.8 Å². The van der Waals surface area contributed by atoms with Gasteiger partial charge in [-0.05, 0) is 42.7 Å². The number of aliphatic hydroxyl groups is 1. The Balaban J connectivity index is 1.84. The van der Waals surface area contributed by atoms with Crippen molar-refractivity contribution < 1.29 is 15.0 Å². The van der Waals surface area contributed by atoms with Crippen LogP contribution in [-0.2, 0) is 11.2 Å². The van der Waals surface area contributed by atoms with Crippen molar-refractivity contribution in [3.8, 4) is 5.75 Å². The maximum atomic E-state index is 12.3. The van der Waals surface area contributed by atoms with Crippen LogP contribution >= 0.6 is 0 Å². The second kappa shape index (κ2) is 6.94. The molecule has 0 atom stereocenters. The fraction of sp³-hybridized carbons (Fsp3) is 0.588. The zero-order valence-electron chi connectivity index (χ0n) is 12.7. The second-order valence-electron chi connectivity index (χ2n) is 6.02. The number of benzene rings is 1. The number of piperidine rings is 1. The van der Waals surface area contributed by atoms with Gasteiger partial charge in [0.15, 0.2) is 0 Å². The third kappa shape index (κ3) is 3.76. The zero-order valence-corrected chi connectivity index (χ0v) is 12.7. The van der Waals surface area contributed by atoms with E-state index in [0.29, 0.717) is 12.8 Å². The molecule has 0 saturated carbocycles. The van der Waals surface area contributed by atoms with E-state index in [-0.39, 0.29) is 23.7 Å². The Labute approximate surface area is 126 Å². The lowest BCUT2D eigenvalue weighted by molar-refractivity contribution is -0.134. The van der Waals surface area contributed by atoms with Gasteiger partial charge in [-0.15, -0.1) is 0 Å². The van der Waals surface area contributed by atoms with Crippen LogP contribution in [0.3, 0.4) is 0 Å². The highest BCUT2D eigenvalue weighted by Crippen LogP contribution is 2.34. The van der Waals surface area contributed by atoms with Crippen LogP contribution in [0, 0.1) is 5.41 Å². The van der Waals surface area contributed by atoms with Crippen molar-refractivity contribution >= 4 is 5.91 Å². The van der Waals surface area contributed by atoms with Crippen molar-refractivity contribution in [2.45, 2.75) is 39.0 Å². The van der Waals surface area contributed by atoms with Crippen LogP contribution in [0.2, 0.25) is 0 Å². The number of para-hydroxylation sites is 1. The number of aromatic hydroxyl groups is 1. The Bertz CT molecular complexity index is 473. The smallest absolute Gasteiger partial charge is 0.222 e. The van der Waals surface area contributed by atoms with Crippen LogP contribution in [0.1, 0.15) is 38.2 Å². The Morgan fingerprint density at radius 2 is 1.95 bits per heavy atom. The average Bonchev–Trinajstić information content (AvgIpc) is 2.54. The van der Waals surface area contributed by atoms with Crippen molar-refractivity contribution in [3.63, 3.8) is 0 Å². The molecule has 1 aromatic carbocycles. The molecule has 0 bridgehead atoms. The van der Waals surface area contributed by atoms with E-state index < -0.39 is 0 Å². The fourth-order valence-corrected chi connectivity index (χ4v) is 2.98. The molecule has 1 aliphatic rings. The number of phenolic OH excluding ortho intramolecular Hbond substituents is 1. The Morgan fingerprint density at radius 3 is 2.52 bits per heavy atom. The molecular formula is C17H25NO3. The first-order valence-electron chi connectivity index (χ1n) is 7.76. The molecule has 21 heavy (non-hydrogen) atoms. The van der Waals surface area contributed by atoms with Crippen LogP contribution in [0.25, 0.3) is 0 Å². The number of hydrogen-bond acceptors (Lipinski definition) is 3. The first kappa shape index (κ1) is 15.8. The Hall–Kier alpha value is -1.55. The minimum Gasteiger partial charge on any atom is -0.508 e. The monoisotopic (exact) mass is 291 g/mol. The lowest BCUT2D eigenvalue weighted by atomic mass is 9.77. The Morgan fingerprint density at radius 1 is 1.29 bits per heavy atom. The standard InChI is InChI=1S/C17H25NO3/c1-2-17(13-19)9-11-18(12-10-17)16(21)8-7-14-5-3-4-6-15(14)20/h3-6,19-20H,2,7-13H2,1H3. The average molecular weight is 291 g/mol. The number of hydrogen-bond donors (Lipinski definition) is 2. The zero-order chi connectivity index (χ0) is 15.3. The molecule has 1 heterocycles. The van der Waals surface area contributed by atoms with E-state index in [1.807, 2.05) is 17.0 Å². The number of likely N-dealkylation sites (tertiary alicyclic amines) is 1. The number of carbonyl (C=O) groups excluding carboxylic acids is 1. The summed E-state index contributed by atoms with van der Waals surface area (Å²) in [5.41, 5.74) is 0.829. The van der Waals surface area contributed by atoms with Crippen LogP contribution in [0.5, 0.6) is 5.75 Å². The van der Waals surface area contributed by atoms with Crippen LogP contribution in [0.4, 0.5) is 0 Å². The van der Waals surface area contributed by atoms with Gasteiger partial charge < -0.3 is 15.1 Å². The maximum Gasteiger partial charge on any atom is 0.222 e. The lowest BCUT2D eigenvalue weighted by Gasteiger charge is -2.40. The topological polar surface area (TPSA) is 60.8 Å². The second-order valence-corrected chi connectivity index (χ2v) is 6.02. The van der Waals surface area contributed by atoms with Gasteiger partial charge in [-0.2, -0.15) is 0 Å². The SMILES string of the molecule is CCC1(CO)CCN(C(=O)CCc2ccccc2O)CC1. The first-order valence-corrected chi connectivity index (χ1v) is 7.76. The van der Waals surface area contributed by atoms with Gasteiger partial charge in [0, 0.05) is 26.1 Å². The number of carbonyl (C=O) groups is 1. The third-order valence-electron chi connectivity index (χ3n) is 4.86. The number of nitrogens with zero attached hydrogens (tertiary/aromatic N) is 1. The molecule has 1 aromatic rings. The molecule has 4 heteroatoms.